The maximum atomic E-state index is 14.9. The summed E-state index contributed by atoms with van der Waals surface area (Å²) in [6.45, 7) is 10.9. The Labute approximate surface area is 404 Å². The number of aryl methyl sites for hydroxylation is 2. The molecule has 0 saturated heterocycles. The van der Waals surface area contributed by atoms with Gasteiger partial charge in [-0.15, -0.1) is 0 Å². The van der Waals surface area contributed by atoms with Crippen LogP contribution in [-0.4, -0.2) is 140 Å². The molecule has 2 aromatic heterocycles. The molecule has 3 aromatic rings. The van der Waals surface area contributed by atoms with E-state index in [4.69, 9.17) is 45.6 Å². The van der Waals surface area contributed by atoms with Crippen molar-refractivity contribution in [2.75, 3.05) is 72.7 Å². The van der Waals surface area contributed by atoms with Crippen molar-refractivity contribution in [1.29, 1.82) is 0 Å². The van der Waals surface area contributed by atoms with Crippen molar-refractivity contribution < 1.29 is 66.7 Å². The molecular formula is C48H61FN6O13S. The number of aromatic nitrogens is 2. The van der Waals surface area contributed by atoms with E-state index in [1.54, 1.807) is 39.8 Å². The van der Waals surface area contributed by atoms with Gasteiger partial charge in [-0.05, 0) is 68.7 Å². The van der Waals surface area contributed by atoms with Crippen molar-refractivity contribution in [3.05, 3.63) is 68.6 Å². The van der Waals surface area contributed by atoms with Crippen molar-refractivity contribution in [1.82, 2.24) is 30.4 Å². The van der Waals surface area contributed by atoms with Crippen LogP contribution in [0.2, 0.25) is 0 Å². The van der Waals surface area contributed by atoms with Gasteiger partial charge in [0, 0.05) is 60.1 Å². The van der Waals surface area contributed by atoms with Crippen LogP contribution in [0.5, 0.6) is 0 Å². The summed E-state index contributed by atoms with van der Waals surface area (Å²) in [5.74, 6) is -3.60. The molecule has 0 fully saturated rings. The van der Waals surface area contributed by atoms with E-state index in [2.05, 4.69) is 16.0 Å². The third-order valence-corrected chi connectivity index (χ3v) is 12.6. The molecule has 0 bridgehead atoms. The molecule has 6 rings (SSSR count). The van der Waals surface area contributed by atoms with Crippen LogP contribution in [0.25, 0.3) is 22.3 Å². The smallest absolute Gasteiger partial charge is 0.343 e. The zero-order chi connectivity index (χ0) is 49.8. The minimum Gasteiger partial charge on any atom is -0.458 e. The summed E-state index contributed by atoms with van der Waals surface area (Å²) in [5, 5.41) is 20.1. The average molecular weight is 981 g/mol. The number of cyclic esters (lactones) is 1. The van der Waals surface area contributed by atoms with E-state index in [-0.39, 0.29) is 63.9 Å². The lowest BCUT2D eigenvalue weighted by molar-refractivity contribution is -0.172. The van der Waals surface area contributed by atoms with Crippen LogP contribution < -0.4 is 16.0 Å². The Balaban J connectivity index is 0.878. The molecular weight excluding hydrogens is 920 g/mol. The highest BCUT2D eigenvalue weighted by molar-refractivity contribution is 7.71. The van der Waals surface area contributed by atoms with Gasteiger partial charge in [0.1, 0.15) is 42.5 Å². The van der Waals surface area contributed by atoms with Gasteiger partial charge in [-0.3, -0.25) is 28.9 Å². The third kappa shape index (κ3) is 12.8. The number of benzene rings is 1. The number of amides is 5. The Morgan fingerprint density at radius 1 is 0.884 bits per heavy atom. The molecule has 3 aliphatic heterocycles. The molecule has 4 N–H and O–H groups in total. The summed E-state index contributed by atoms with van der Waals surface area (Å²) in [4.78, 5) is 80.5. The second kappa shape index (κ2) is 24.3. The zero-order valence-electron chi connectivity index (χ0n) is 39.6. The molecule has 0 spiro atoms. The maximum Gasteiger partial charge on any atom is 0.343 e. The SMILES string of the molecule is CC[C@@]1(O)C(=O)OCc2c1cc1n(c2=S)Cc2c-1nc1cc(F)c(C)cc1c2CCCOCNC(=O)[C@H](C)NC(=O)[C@@H](NC(=O)COCCOCCOCCOCCCN1C(=O)C=CC1=O)C(C)C. The quantitative estimate of drug-likeness (QED) is 0.0221. The Hall–Kier alpha value is -5.55. The predicted octanol–water partition coefficient (Wildman–Crippen LogP) is 2.95. The van der Waals surface area contributed by atoms with Crippen LogP contribution in [0.1, 0.15) is 74.8 Å². The molecule has 3 atom stereocenters. The number of nitrogens with zero attached hydrogens (tertiary/aromatic N) is 3. The Morgan fingerprint density at radius 3 is 2.20 bits per heavy atom. The van der Waals surface area contributed by atoms with Crippen molar-refractivity contribution >= 4 is 58.6 Å². The minimum atomic E-state index is -1.86. The molecule has 0 radical (unpaired) electrons. The summed E-state index contributed by atoms with van der Waals surface area (Å²) >= 11 is 5.88. The zero-order valence-corrected chi connectivity index (χ0v) is 40.4. The van der Waals surface area contributed by atoms with Crippen molar-refractivity contribution in [3.63, 3.8) is 0 Å². The lowest BCUT2D eigenvalue weighted by atomic mass is 9.86. The molecule has 69 heavy (non-hydrogen) atoms. The molecule has 5 heterocycles. The number of halogens is 1. The summed E-state index contributed by atoms with van der Waals surface area (Å²) < 4.78 is 50.1. The first kappa shape index (κ1) is 52.8. The first-order chi connectivity index (χ1) is 33.0. The summed E-state index contributed by atoms with van der Waals surface area (Å²) in [7, 11) is 0. The highest BCUT2D eigenvalue weighted by atomic mass is 32.1. The van der Waals surface area contributed by atoms with E-state index in [1.165, 1.54) is 25.1 Å². The van der Waals surface area contributed by atoms with Crippen molar-refractivity contribution in [2.45, 2.75) is 91.1 Å². The van der Waals surface area contributed by atoms with Crippen molar-refractivity contribution in [2.24, 2.45) is 5.92 Å². The lowest BCUT2D eigenvalue weighted by Crippen LogP contribution is -2.55. The van der Waals surface area contributed by atoms with Crippen LogP contribution in [0, 0.1) is 23.3 Å². The van der Waals surface area contributed by atoms with E-state index < -0.39 is 47.2 Å². The first-order valence-corrected chi connectivity index (χ1v) is 23.5. The first-order valence-electron chi connectivity index (χ1n) is 23.1. The van der Waals surface area contributed by atoms with Gasteiger partial charge in [-0.2, -0.15) is 0 Å². The van der Waals surface area contributed by atoms with Crippen LogP contribution in [0.15, 0.2) is 30.4 Å². The second-order valence-electron chi connectivity index (χ2n) is 17.3. The number of pyridine rings is 2. The van der Waals surface area contributed by atoms with Gasteiger partial charge in [-0.1, -0.05) is 33.0 Å². The molecule has 0 saturated carbocycles. The molecule has 19 nitrogen and oxygen atoms in total. The largest absolute Gasteiger partial charge is 0.458 e. The molecule has 374 valence electrons. The standard InChI is InChI=1S/C48H61FN6O13S/c1-6-48(62)35-22-38-43-33(24-55(38)46(69)34(35)25-68-47(48)61)31(32-21-29(4)36(49)23-37(32)52-43)9-7-13-67-27-50-44(59)30(5)51-45(60)42(28(2)3)53-39(56)26-66-20-19-65-18-17-64-16-15-63-14-8-12-54-40(57)10-11-41(54)58/h10-11,21-23,28,30,42,62H,6-9,12-20,24-27H2,1-5H3,(H,50,59)(H,51,60)(H,53,56)/t30-,42-,48-/m0/s1. The van der Waals surface area contributed by atoms with Crippen LogP contribution in [-0.2, 0) is 82.4 Å². The third-order valence-electron chi connectivity index (χ3n) is 12.1. The van der Waals surface area contributed by atoms with Crippen LogP contribution in [0.3, 0.4) is 0 Å². The van der Waals surface area contributed by atoms with E-state index in [9.17, 15) is 38.3 Å². The summed E-state index contributed by atoms with van der Waals surface area (Å²) in [6, 6.07) is 3.05. The summed E-state index contributed by atoms with van der Waals surface area (Å²) in [6.07, 6.45) is 4.15. The number of carbonyl (C=O) groups is 6. The molecule has 5 amide bonds. The maximum absolute atomic E-state index is 14.9. The Bertz CT molecular complexity index is 2500. The molecule has 3 aliphatic rings. The number of rotatable bonds is 27. The minimum absolute atomic E-state index is 0.0548. The van der Waals surface area contributed by atoms with Crippen LogP contribution in [0.4, 0.5) is 4.39 Å². The fourth-order valence-corrected chi connectivity index (χ4v) is 8.53. The van der Waals surface area contributed by atoms with E-state index >= 15 is 0 Å². The number of carbonyl (C=O) groups excluding carboxylic acids is 6. The van der Waals surface area contributed by atoms with Crippen molar-refractivity contribution in [3.8, 4) is 11.4 Å². The Kier molecular flexibility index (Phi) is 18.6. The average Bonchev–Trinajstić information content (AvgIpc) is 3.85. The van der Waals surface area contributed by atoms with Gasteiger partial charge in [0.25, 0.3) is 11.8 Å². The number of fused-ring (bicyclic) bond motifs is 5. The van der Waals surface area contributed by atoms with Gasteiger partial charge < -0.3 is 54.0 Å². The van der Waals surface area contributed by atoms with Gasteiger partial charge >= 0.3 is 5.97 Å². The van der Waals surface area contributed by atoms with E-state index in [0.717, 1.165) is 21.4 Å². The number of aliphatic hydroxyl groups is 1. The van der Waals surface area contributed by atoms with E-state index in [0.29, 0.717) is 104 Å². The fourth-order valence-electron chi connectivity index (χ4n) is 8.20. The molecule has 0 unspecified atom stereocenters. The molecule has 0 aliphatic carbocycles. The number of hydrogen-bond acceptors (Lipinski definition) is 15. The highest BCUT2D eigenvalue weighted by Crippen LogP contribution is 2.43. The molecule has 1 aromatic carbocycles. The van der Waals surface area contributed by atoms with Gasteiger partial charge in [-0.25, -0.2) is 14.2 Å². The summed E-state index contributed by atoms with van der Waals surface area (Å²) in [5.41, 5.74) is 3.05. The fraction of sp³-hybridized carbons (Fsp3) is 0.542. The normalized spacial score (nSPS) is 16.9. The van der Waals surface area contributed by atoms with Gasteiger partial charge in [0.15, 0.2) is 5.60 Å². The second-order valence-corrected chi connectivity index (χ2v) is 17.6. The number of esters is 1. The lowest BCUT2D eigenvalue weighted by Gasteiger charge is -2.32. The topological polar surface area (TPSA) is 235 Å². The number of hydrogen-bond donors (Lipinski definition) is 4. The Morgan fingerprint density at radius 2 is 1.54 bits per heavy atom. The van der Waals surface area contributed by atoms with E-state index in [1.807, 2.05) is 4.57 Å². The monoisotopic (exact) mass is 980 g/mol. The number of ether oxygens (including phenoxy) is 6. The van der Waals surface area contributed by atoms with Gasteiger partial charge in [0.05, 0.1) is 63.1 Å². The van der Waals surface area contributed by atoms with Gasteiger partial charge in [0.2, 0.25) is 17.7 Å². The van der Waals surface area contributed by atoms with Crippen LogP contribution >= 0.6 is 12.2 Å². The number of imide groups is 1. The number of nitrogens with one attached hydrogen (secondary N) is 3. The highest BCUT2D eigenvalue weighted by Gasteiger charge is 2.45. The molecule has 21 heteroatoms. The predicted molar refractivity (Wildman–Crippen MR) is 249 cm³/mol.